The van der Waals surface area contributed by atoms with Gasteiger partial charge in [0.15, 0.2) is 12.4 Å². The highest BCUT2D eigenvalue weighted by atomic mass is 16.5. The van der Waals surface area contributed by atoms with E-state index in [4.69, 9.17) is 4.74 Å². The molecule has 2 rings (SSSR count). The quantitative estimate of drug-likeness (QED) is 0.776. The van der Waals surface area contributed by atoms with E-state index < -0.39 is 11.9 Å². The van der Waals surface area contributed by atoms with Crippen LogP contribution in [0.25, 0.3) is 0 Å². The molecule has 0 aliphatic heterocycles. The molecule has 0 saturated heterocycles. The lowest BCUT2D eigenvalue weighted by Gasteiger charge is -2.10. The third-order valence-electron chi connectivity index (χ3n) is 3.75. The molecule has 2 N–H and O–H groups in total. The van der Waals surface area contributed by atoms with Gasteiger partial charge in [-0.1, -0.05) is 24.6 Å². The molecule has 0 unspecified atom stereocenters. The van der Waals surface area contributed by atoms with Crippen LogP contribution >= 0.6 is 0 Å². The molecule has 0 fully saturated rings. The minimum Gasteiger partial charge on any atom is -0.484 e. The van der Waals surface area contributed by atoms with Crippen LogP contribution in [-0.2, 0) is 4.79 Å². The number of Topliss-reactive ketones (excluding diaryl/α,β-unsaturated/α-hetero) is 1. The van der Waals surface area contributed by atoms with Crippen molar-refractivity contribution in [2.45, 2.75) is 27.2 Å². The molecule has 2 aromatic carbocycles. The van der Waals surface area contributed by atoms with Gasteiger partial charge >= 0.3 is 6.03 Å². The Morgan fingerprint density at radius 3 is 2.31 bits per heavy atom. The normalized spacial score (nSPS) is 10.1. The van der Waals surface area contributed by atoms with Crippen LogP contribution in [0.1, 0.15) is 34.8 Å². The maximum absolute atomic E-state index is 11.9. The Hall–Kier alpha value is -3.15. The summed E-state index contributed by atoms with van der Waals surface area (Å²) in [5.74, 6) is -0.0825. The van der Waals surface area contributed by atoms with Crippen molar-refractivity contribution in [3.8, 4) is 5.75 Å². The molecule has 2 aromatic rings. The molecular formula is C20H22N2O4. The number of aryl methyl sites for hydroxylation is 2. The van der Waals surface area contributed by atoms with Gasteiger partial charge in [0.25, 0.3) is 5.91 Å². The first-order chi connectivity index (χ1) is 12.4. The molecule has 0 aromatic heterocycles. The number of ether oxygens (including phenoxy) is 1. The van der Waals surface area contributed by atoms with Gasteiger partial charge in [-0.25, -0.2) is 4.79 Å². The molecule has 0 atom stereocenters. The number of urea groups is 1. The fourth-order valence-electron chi connectivity index (χ4n) is 2.36. The lowest BCUT2D eigenvalue weighted by Crippen LogP contribution is -2.37. The number of nitrogens with one attached hydrogen (secondary N) is 2. The third kappa shape index (κ3) is 5.44. The molecule has 0 aliphatic rings. The molecule has 136 valence electrons. The van der Waals surface area contributed by atoms with Crippen LogP contribution in [0.15, 0.2) is 42.5 Å². The van der Waals surface area contributed by atoms with Crippen LogP contribution in [0, 0.1) is 13.8 Å². The highest BCUT2D eigenvalue weighted by Crippen LogP contribution is 2.16. The van der Waals surface area contributed by atoms with Crippen molar-refractivity contribution in [1.82, 2.24) is 5.32 Å². The van der Waals surface area contributed by atoms with E-state index in [1.165, 1.54) is 0 Å². The predicted octanol–water partition coefficient (Wildman–Crippen LogP) is 3.62. The van der Waals surface area contributed by atoms with E-state index in [1.807, 2.05) is 26.0 Å². The molecule has 0 saturated carbocycles. The zero-order chi connectivity index (χ0) is 19.1. The monoisotopic (exact) mass is 354 g/mol. The number of benzene rings is 2. The van der Waals surface area contributed by atoms with E-state index in [-0.39, 0.29) is 12.4 Å². The van der Waals surface area contributed by atoms with Crippen LogP contribution in [0.5, 0.6) is 5.75 Å². The van der Waals surface area contributed by atoms with Crippen molar-refractivity contribution in [3.63, 3.8) is 0 Å². The summed E-state index contributed by atoms with van der Waals surface area (Å²) in [7, 11) is 0. The van der Waals surface area contributed by atoms with Crippen molar-refractivity contribution in [2.24, 2.45) is 0 Å². The third-order valence-corrected chi connectivity index (χ3v) is 3.75. The number of carbonyl (C=O) groups is 3. The van der Waals surface area contributed by atoms with Crippen molar-refractivity contribution in [1.29, 1.82) is 0 Å². The Morgan fingerprint density at radius 1 is 1.00 bits per heavy atom. The van der Waals surface area contributed by atoms with Crippen LogP contribution < -0.4 is 15.4 Å². The highest BCUT2D eigenvalue weighted by Gasteiger charge is 2.10. The second-order valence-corrected chi connectivity index (χ2v) is 5.91. The van der Waals surface area contributed by atoms with Gasteiger partial charge in [-0.15, -0.1) is 0 Å². The molecule has 0 radical (unpaired) electrons. The van der Waals surface area contributed by atoms with Crippen molar-refractivity contribution < 1.29 is 19.1 Å². The molecule has 6 heteroatoms. The summed E-state index contributed by atoms with van der Waals surface area (Å²) < 4.78 is 5.32. The van der Waals surface area contributed by atoms with Gasteiger partial charge in [0, 0.05) is 17.7 Å². The first-order valence-electron chi connectivity index (χ1n) is 8.33. The minimum atomic E-state index is -0.616. The first kappa shape index (κ1) is 19.2. The van der Waals surface area contributed by atoms with Gasteiger partial charge in [0.2, 0.25) is 0 Å². The summed E-state index contributed by atoms with van der Waals surface area (Å²) in [4.78, 5) is 35.3. The molecule has 0 spiro atoms. The summed E-state index contributed by atoms with van der Waals surface area (Å²) >= 11 is 0. The molecule has 0 aliphatic carbocycles. The second-order valence-electron chi connectivity index (χ2n) is 5.91. The number of amides is 3. The van der Waals surface area contributed by atoms with E-state index >= 15 is 0 Å². The Morgan fingerprint density at radius 2 is 1.69 bits per heavy atom. The standard InChI is InChI=1S/C20H22N2O4/c1-4-18(23)15-6-8-16(9-7-15)26-12-19(24)22-20(25)21-17-10-5-13(2)11-14(17)3/h5-11H,4,12H2,1-3H3,(H2,21,22,24,25). The molecule has 6 nitrogen and oxygen atoms in total. The Kier molecular flexibility index (Phi) is 6.49. The molecule has 3 amide bonds. The fraction of sp³-hybridized carbons (Fsp3) is 0.250. The Balaban J connectivity index is 1.82. The van der Waals surface area contributed by atoms with Crippen molar-refractivity contribution in [2.75, 3.05) is 11.9 Å². The summed E-state index contributed by atoms with van der Waals surface area (Å²) in [6, 6.07) is 11.5. The van der Waals surface area contributed by atoms with E-state index in [0.717, 1.165) is 11.1 Å². The zero-order valence-corrected chi connectivity index (χ0v) is 15.1. The largest absolute Gasteiger partial charge is 0.484 e. The maximum atomic E-state index is 11.9. The number of rotatable bonds is 6. The Labute approximate surface area is 152 Å². The lowest BCUT2D eigenvalue weighted by molar-refractivity contribution is -0.121. The van der Waals surface area contributed by atoms with Gasteiger partial charge in [-0.2, -0.15) is 0 Å². The summed E-state index contributed by atoms with van der Waals surface area (Å²) in [5.41, 5.74) is 3.23. The molecule has 26 heavy (non-hydrogen) atoms. The van der Waals surface area contributed by atoms with E-state index in [1.54, 1.807) is 37.3 Å². The first-order valence-corrected chi connectivity index (χ1v) is 8.33. The van der Waals surface area contributed by atoms with Gasteiger partial charge in [0.1, 0.15) is 5.75 Å². The van der Waals surface area contributed by atoms with Gasteiger partial charge in [0.05, 0.1) is 0 Å². The topological polar surface area (TPSA) is 84.5 Å². The lowest BCUT2D eigenvalue weighted by atomic mass is 10.1. The van der Waals surface area contributed by atoms with Crippen LogP contribution in [0.3, 0.4) is 0 Å². The smallest absolute Gasteiger partial charge is 0.325 e. The average Bonchev–Trinajstić information content (AvgIpc) is 2.62. The average molecular weight is 354 g/mol. The zero-order valence-electron chi connectivity index (χ0n) is 15.1. The van der Waals surface area contributed by atoms with E-state index in [2.05, 4.69) is 10.6 Å². The highest BCUT2D eigenvalue weighted by molar-refractivity contribution is 6.02. The predicted molar refractivity (Wildman–Crippen MR) is 99.6 cm³/mol. The van der Waals surface area contributed by atoms with E-state index in [0.29, 0.717) is 23.4 Å². The van der Waals surface area contributed by atoms with E-state index in [9.17, 15) is 14.4 Å². The maximum Gasteiger partial charge on any atom is 0.325 e. The number of hydrogen-bond acceptors (Lipinski definition) is 4. The van der Waals surface area contributed by atoms with Crippen LogP contribution in [0.2, 0.25) is 0 Å². The number of hydrogen-bond donors (Lipinski definition) is 2. The van der Waals surface area contributed by atoms with Crippen LogP contribution in [-0.4, -0.2) is 24.3 Å². The summed E-state index contributed by atoms with van der Waals surface area (Å²) in [5, 5.41) is 4.84. The summed E-state index contributed by atoms with van der Waals surface area (Å²) in [6.45, 7) is 5.32. The fourth-order valence-corrected chi connectivity index (χ4v) is 2.36. The number of carbonyl (C=O) groups excluding carboxylic acids is 3. The summed E-state index contributed by atoms with van der Waals surface area (Å²) in [6.07, 6.45) is 0.429. The van der Waals surface area contributed by atoms with Crippen LogP contribution in [0.4, 0.5) is 10.5 Å². The minimum absolute atomic E-state index is 0.0392. The molecule has 0 heterocycles. The van der Waals surface area contributed by atoms with Gasteiger partial charge in [-0.05, 0) is 49.7 Å². The molecular weight excluding hydrogens is 332 g/mol. The van der Waals surface area contributed by atoms with Gasteiger partial charge in [-0.3, -0.25) is 14.9 Å². The number of anilines is 1. The second kappa shape index (κ2) is 8.80. The number of ketones is 1. The number of imide groups is 1. The SMILES string of the molecule is CCC(=O)c1ccc(OCC(=O)NC(=O)Nc2ccc(C)cc2C)cc1. The van der Waals surface area contributed by atoms with Crippen molar-refractivity contribution >= 4 is 23.4 Å². The Bertz CT molecular complexity index is 813. The molecule has 0 bridgehead atoms. The van der Waals surface area contributed by atoms with Crippen molar-refractivity contribution in [3.05, 3.63) is 59.2 Å². The van der Waals surface area contributed by atoms with Gasteiger partial charge < -0.3 is 10.1 Å².